The zero-order chi connectivity index (χ0) is 19.4. The van der Waals surface area contributed by atoms with Gasteiger partial charge in [-0.3, -0.25) is 0 Å². The molecule has 0 aromatic heterocycles. The van der Waals surface area contributed by atoms with Crippen molar-refractivity contribution in [1.82, 2.24) is 0 Å². The Hall–Kier alpha value is -2.56. The Labute approximate surface area is 156 Å². The summed E-state index contributed by atoms with van der Waals surface area (Å²) in [6.45, 7) is -1.03. The van der Waals surface area contributed by atoms with Gasteiger partial charge < -0.3 is 4.74 Å². The number of ether oxygens (including phenoxy) is 1. The van der Waals surface area contributed by atoms with Crippen LogP contribution in [0.1, 0.15) is 37.3 Å². The van der Waals surface area contributed by atoms with Gasteiger partial charge in [-0.25, -0.2) is 8.78 Å². The molecule has 2 aromatic rings. The van der Waals surface area contributed by atoms with Crippen molar-refractivity contribution >= 4 is 5.57 Å². The van der Waals surface area contributed by atoms with Crippen molar-refractivity contribution in [1.29, 1.82) is 0 Å². The number of rotatable bonds is 6. The van der Waals surface area contributed by atoms with Crippen LogP contribution in [0.5, 0.6) is 5.75 Å². The second-order valence-electron chi connectivity index (χ2n) is 6.64. The molecule has 0 saturated heterocycles. The minimum atomic E-state index is -3.07. The van der Waals surface area contributed by atoms with Crippen molar-refractivity contribution in [2.24, 2.45) is 0 Å². The van der Waals surface area contributed by atoms with Gasteiger partial charge in [0.25, 0.3) is 0 Å². The van der Waals surface area contributed by atoms with E-state index in [1.165, 1.54) is 24.3 Å². The minimum Gasteiger partial charge on any atom is -0.432 e. The van der Waals surface area contributed by atoms with Gasteiger partial charge in [0.2, 0.25) is 0 Å². The van der Waals surface area contributed by atoms with Crippen LogP contribution in [0.4, 0.5) is 17.6 Å². The van der Waals surface area contributed by atoms with Crippen LogP contribution in [0.3, 0.4) is 0 Å². The van der Waals surface area contributed by atoms with Gasteiger partial charge >= 0.3 is 6.61 Å². The molecule has 0 fully saturated rings. The first-order chi connectivity index (χ1) is 12.9. The number of allylic oxidation sites excluding steroid dienone is 4. The standard InChI is InChI=1S/C22H20F4O/c1-2-10-22(17-6-7-20(19(24)14-17)27-21(25)26)11-8-15(9-12-22)16-4-3-5-18(23)13-16/h3-9,11,13-14,21H,2,10,12H2,1H3. The summed E-state index contributed by atoms with van der Waals surface area (Å²) in [5, 5.41) is 0. The Morgan fingerprint density at radius 1 is 1.11 bits per heavy atom. The summed E-state index contributed by atoms with van der Waals surface area (Å²) >= 11 is 0. The van der Waals surface area contributed by atoms with E-state index in [1.54, 1.807) is 12.1 Å². The normalized spacial score (nSPS) is 19.3. The second kappa shape index (κ2) is 7.99. The van der Waals surface area contributed by atoms with Crippen LogP contribution >= 0.6 is 0 Å². The highest BCUT2D eigenvalue weighted by Gasteiger charge is 2.31. The number of halogens is 4. The lowest BCUT2D eigenvalue weighted by molar-refractivity contribution is -0.0522. The van der Waals surface area contributed by atoms with E-state index in [0.717, 1.165) is 24.0 Å². The maximum atomic E-state index is 14.2. The Bertz CT molecular complexity index is 872. The first-order valence-electron chi connectivity index (χ1n) is 8.84. The van der Waals surface area contributed by atoms with Crippen LogP contribution < -0.4 is 4.74 Å². The van der Waals surface area contributed by atoms with Gasteiger partial charge in [0.05, 0.1) is 0 Å². The molecule has 0 bridgehead atoms. The van der Waals surface area contributed by atoms with Gasteiger partial charge in [-0.1, -0.05) is 49.8 Å². The van der Waals surface area contributed by atoms with E-state index in [9.17, 15) is 17.6 Å². The number of alkyl halides is 2. The molecule has 0 spiro atoms. The monoisotopic (exact) mass is 376 g/mol. The molecule has 0 saturated carbocycles. The fraction of sp³-hybridized carbons (Fsp3) is 0.273. The Morgan fingerprint density at radius 2 is 1.93 bits per heavy atom. The van der Waals surface area contributed by atoms with E-state index in [1.807, 2.05) is 31.2 Å². The summed E-state index contributed by atoms with van der Waals surface area (Å²) in [5.74, 6) is -1.57. The molecule has 0 aliphatic heterocycles. The molecular formula is C22H20F4O. The van der Waals surface area contributed by atoms with Gasteiger partial charge in [-0.2, -0.15) is 8.78 Å². The molecule has 1 aliphatic carbocycles. The van der Waals surface area contributed by atoms with Crippen molar-refractivity contribution in [3.05, 3.63) is 83.5 Å². The third kappa shape index (κ3) is 4.24. The van der Waals surface area contributed by atoms with Crippen LogP contribution in [-0.4, -0.2) is 6.61 Å². The quantitative estimate of drug-likeness (QED) is 0.513. The Kier molecular flexibility index (Phi) is 5.68. The summed E-state index contributed by atoms with van der Waals surface area (Å²) in [7, 11) is 0. The van der Waals surface area contributed by atoms with Gasteiger partial charge in [0.1, 0.15) is 5.82 Å². The van der Waals surface area contributed by atoms with E-state index in [2.05, 4.69) is 4.74 Å². The summed E-state index contributed by atoms with van der Waals surface area (Å²) in [4.78, 5) is 0. The molecule has 142 valence electrons. The minimum absolute atomic E-state index is 0.302. The van der Waals surface area contributed by atoms with Crippen molar-refractivity contribution < 1.29 is 22.3 Å². The molecule has 2 aromatic carbocycles. The zero-order valence-corrected chi connectivity index (χ0v) is 14.9. The van der Waals surface area contributed by atoms with E-state index in [0.29, 0.717) is 12.0 Å². The highest BCUT2D eigenvalue weighted by atomic mass is 19.3. The van der Waals surface area contributed by atoms with E-state index in [-0.39, 0.29) is 5.82 Å². The van der Waals surface area contributed by atoms with Crippen LogP contribution in [0.15, 0.2) is 60.7 Å². The highest BCUT2D eigenvalue weighted by molar-refractivity contribution is 5.76. The zero-order valence-electron chi connectivity index (χ0n) is 14.9. The molecule has 0 amide bonds. The predicted molar refractivity (Wildman–Crippen MR) is 97.8 cm³/mol. The fourth-order valence-electron chi connectivity index (χ4n) is 3.55. The van der Waals surface area contributed by atoms with Crippen molar-refractivity contribution in [2.75, 3.05) is 0 Å². The van der Waals surface area contributed by atoms with Crippen LogP contribution in [0.25, 0.3) is 5.57 Å². The van der Waals surface area contributed by atoms with Gasteiger partial charge in [-0.15, -0.1) is 0 Å². The third-order valence-corrected chi connectivity index (χ3v) is 4.85. The first kappa shape index (κ1) is 19.2. The summed E-state index contributed by atoms with van der Waals surface area (Å²) in [5.41, 5.74) is 1.95. The molecular weight excluding hydrogens is 356 g/mol. The molecule has 1 nitrogen and oxygen atoms in total. The average molecular weight is 376 g/mol. The van der Waals surface area contributed by atoms with Crippen molar-refractivity contribution in [3.63, 3.8) is 0 Å². The average Bonchev–Trinajstić information content (AvgIpc) is 2.64. The molecule has 0 heterocycles. The number of benzene rings is 2. The third-order valence-electron chi connectivity index (χ3n) is 4.85. The van der Waals surface area contributed by atoms with E-state index < -0.39 is 23.6 Å². The summed E-state index contributed by atoms with van der Waals surface area (Å²) in [6.07, 6.45) is 8.16. The topological polar surface area (TPSA) is 9.23 Å². The van der Waals surface area contributed by atoms with E-state index >= 15 is 0 Å². The lowest BCUT2D eigenvalue weighted by Gasteiger charge is -2.33. The molecule has 0 radical (unpaired) electrons. The molecule has 0 N–H and O–H groups in total. The molecule has 3 rings (SSSR count). The SMILES string of the molecule is CCCC1(c2ccc(OC(F)F)c(F)c2)C=CC(c2cccc(F)c2)=CC1. The largest absolute Gasteiger partial charge is 0.432 e. The highest BCUT2D eigenvalue weighted by Crippen LogP contribution is 2.41. The molecule has 1 atom stereocenters. The second-order valence-corrected chi connectivity index (χ2v) is 6.64. The van der Waals surface area contributed by atoms with Crippen LogP contribution in [0, 0.1) is 11.6 Å². The van der Waals surface area contributed by atoms with E-state index in [4.69, 9.17) is 0 Å². The number of hydrogen-bond acceptors (Lipinski definition) is 1. The smallest absolute Gasteiger partial charge is 0.387 e. The maximum Gasteiger partial charge on any atom is 0.387 e. The van der Waals surface area contributed by atoms with Gasteiger partial charge in [0.15, 0.2) is 11.6 Å². The lowest BCUT2D eigenvalue weighted by atomic mass is 9.71. The van der Waals surface area contributed by atoms with Crippen LogP contribution in [-0.2, 0) is 5.41 Å². The summed E-state index contributed by atoms with van der Waals surface area (Å²) < 4.78 is 56.6. The Balaban J connectivity index is 1.90. The lowest BCUT2D eigenvalue weighted by Crippen LogP contribution is -2.25. The van der Waals surface area contributed by atoms with Gasteiger partial charge in [-0.05, 0) is 53.8 Å². The predicted octanol–water partition coefficient (Wildman–Crippen LogP) is 6.65. The molecule has 1 aliphatic rings. The molecule has 5 heteroatoms. The molecule has 27 heavy (non-hydrogen) atoms. The summed E-state index contributed by atoms with van der Waals surface area (Å²) in [6, 6.07) is 10.5. The number of hydrogen-bond donors (Lipinski definition) is 0. The van der Waals surface area contributed by atoms with Gasteiger partial charge in [0, 0.05) is 5.41 Å². The molecule has 1 unspecified atom stereocenters. The van der Waals surface area contributed by atoms with Crippen LogP contribution in [0.2, 0.25) is 0 Å². The fourth-order valence-corrected chi connectivity index (χ4v) is 3.55. The van der Waals surface area contributed by atoms with Crippen molar-refractivity contribution in [2.45, 2.75) is 38.2 Å². The first-order valence-corrected chi connectivity index (χ1v) is 8.84. The Morgan fingerprint density at radius 3 is 2.52 bits per heavy atom. The van der Waals surface area contributed by atoms with Crippen molar-refractivity contribution in [3.8, 4) is 5.75 Å². The maximum absolute atomic E-state index is 14.2.